The molecule has 0 radical (unpaired) electrons. The number of hydrogen-bond donors (Lipinski definition) is 1. The third-order valence-corrected chi connectivity index (χ3v) is 2.73. The topological polar surface area (TPSA) is 50.9 Å². The van der Waals surface area contributed by atoms with E-state index in [0.717, 1.165) is 11.3 Å². The van der Waals surface area contributed by atoms with Crippen LogP contribution in [0.4, 0.5) is 0 Å². The summed E-state index contributed by atoms with van der Waals surface area (Å²) < 4.78 is 1.84. The Balaban J connectivity index is 2.55. The Labute approximate surface area is 101 Å². The van der Waals surface area contributed by atoms with Crippen molar-refractivity contribution in [2.24, 2.45) is 0 Å². The van der Waals surface area contributed by atoms with E-state index < -0.39 is 0 Å². The van der Waals surface area contributed by atoms with Gasteiger partial charge in [-0.1, -0.05) is 35.0 Å². The average Bonchev–Trinajstić information content (AvgIpc) is 2.73. The van der Waals surface area contributed by atoms with E-state index in [1.165, 1.54) is 5.56 Å². The van der Waals surface area contributed by atoms with Gasteiger partial charge < -0.3 is 5.11 Å². The van der Waals surface area contributed by atoms with Gasteiger partial charge >= 0.3 is 0 Å². The zero-order valence-corrected chi connectivity index (χ0v) is 10.4. The van der Waals surface area contributed by atoms with E-state index >= 15 is 0 Å². The molecule has 0 unspecified atom stereocenters. The van der Waals surface area contributed by atoms with Crippen molar-refractivity contribution in [2.75, 3.05) is 0 Å². The minimum atomic E-state index is -0.0874. The molecule has 0 spiro atoms. The lowest BCUT2D eigenvalue weighted by atomic mass is 10.1. The Kier molecular flexibility index (Phi) is 3.24. The maximum Gasteiger partial charge on any atom is 0.116 e. The molecule has 0 aliphatic heterocycles. The van der Waals surface area contributed by atoms with Gasteiger partial charge in [-0.3, -0.25) is 0 Å². The van der Waals surface area contributed by atoms with Crippen LogP contribution in [0.1, 0.15) is 31.1 Å². The van der Waals surface area contributed by atoms with Crippen LogP contribution in [0.5, 0.6) is 0 Å². The summed E-state index contributed by atoms with van der Waals surface area (Å²) >= 11 is 0. The second kappa shape index (κ2) is 4.67. The third-order valence-electron chi connectivity index (χ3n) is 2.73. The van der Waals surface area contributed by atoms with Crippen LogP contribution in [0.25, 0.3) is 11.3 Å². The Bertz CT molecular complexity index is 500. The molecule has 0 atom stereocenters. The molecule has 4 heteroatoms. The average molecular weight is 231 g/mol. The van der Waals surface area contributed by atoms with E-state index in [4.69, 9.17) is 0 Å². The smallest absolute Gasteiger partial charge is 0.116 e. The summed E-state index contributed by atoms with van der Waals surface area (Å²) in [5.41, 5.74) is 3.78. The van der Waals surface area contributed by atoms with Crippen molar-refractivity contribution in [3.8, 4) is 11.3 Å². The monoisotopic (exact) mass is 231 g/mol. The van der Waals surface area contributed by atoms with Gasteiger partial charge in [0.25, 0.3) is 0 Å². The number of aryl methyl sites for hydroxylation is 1. The molecule has 4 nitrogen and oxygen atoms in total. The summed E-state index contributed by atoms with van der Waals surface area (Å²) in [7, 11) is 0. The number of benzene rings is 1. The van der Waals surface area contributed by atoms with Gasteiger partial charge in [-0.15, -0.1) is 5.10 Å². The minimum Gasteiger partial charge on any atom is -0.390 e. The molecule has 1 N–H and O–H groups in total. The first-order chi connectivity index (χ1) is 8.13. The highest BCUT2D eigenvalue weighted by Crippen LogP contribution is 2.25. The van der Waals surface area contributed by atoms with E-state index in [9.17, 15) is 5.11 Å². The van der Waals surface area contributed by atoms with Crippen LogP contribution in [0, 0.1) is 6.92 Å². The van der Waals surface area contributed by atoms with Crippen LogP contribution in [-0.4, -0.2) is 20.1 Å². The second-order valence-corrected chi connectivity index (χ2v) is 4.45. The number of hydrogen-bond acceptors (Lipinski definition) is 3. The van der Waals surface area contributed by atoms with Gasteiger partial charge in [0.2, 0.25) is 0 Å². The quantitative estimate of drug-likeness (QED) is 0.882. The van der Waals surface area contributed by atoms with E-state index in [2.05, 4.69) is 17.2 Å². The largest absolute Gasteiger partial charge is 0.390 e. The summed E-state index contributed by atoms with van der Waals surface area (Å²) in [5.74, 6) is 0. The molecule has 0 fully saturated rings. The fraction of sp³-hybridized carbons (Fsp3) is 0.385. The lowest BCUT2D eigenvalue weighted by Gasteiger charge is -2.10. The molecule has 2 rings (SSSR count). The van der Waals surface area contributed by atoms with Crippen LogP contribution < -0.4 is 0 Å². The van der Waals surface area contributed by atoms with Crippen LogP contribution in [0.3, 0.4) is 0 Å². The van der Waals surface area contributed by atoms with Gasteiger partial charge in [-0.05, 0) is 20.8 Å². The highest BCUT2D eigenvalue weighted by molar-refractivity contribution is 5.62. The Morgan fingerprint density at radius 2 is 1.88 bits per heavy atom. The molecule has 0 saturated carbocycles. The molecule has 1 aromatic heterocycles. The minimum absolute atomic E-state index is 0.0874. The number of rotatable bonds is 3. The van der Waals surface area contributed by atoms with Crippen molar-refractivity contribution in [3.05, 3.63) is 35.5 Å². The van der Waals surface area contributed by atoms with E-state index in [-0.39, 0.29) is 12.6 Å². The summed E-state index contributed by atoms with van der Waals surface area (Å²) in [5, 5.41) is 17.4. The first-order valence-electron chi connectivity index (χ1n) is 5.75. The fourth-order valence-electron chi connectivity index (χ4n) is 1.80. The molecule has 1 heterocycles. The summed E-state index contributed by atoms with van der Waals surface area (Å²) in [6.45, 7) is 6.06. The Morgan fingerprint density at radius 3 is 2.41 bits per heavy atom. The van der Waals surface area contributed by atoms with Gasteiger partial charge in [0.05, 0.1) is 12.3 Å². The van der Waals surface area contributed by atoms with Crippen LogP contribution in [0.15, 0.2) is 24.3 Å². The van der Waals surface area contributed by atoms with E-state index in [1.807, 2.05) is 42.8 Å². The lowest BCUT2D eigenvalue weighted by molar-refractivity contribution is 0.277. The zero-order chi connectivity index (χ0) is 12.4. The molecule has 2 aromatic rings. The first-order valence-corrected chi connectivity index (χ1v) is 5.75. The first kappa shape index (κ1) is 11.8. The fourth-order valence-corrected chi connectivity index (χ4v) is 1.80. The van der Waals surface area contributed by atoms with Crippen molar-refractivity contribution in [1.29, 1.82) is 0 Å². The highest BCUT2D eigenvalue weighted by atomic mass is 16.3. The maximum atomic E-state index is 9.31. The van der Waals surface area contributed by atoms with Crippen molar-refractivity contribution in [2.45, 2.75) is 33.4 Å². The summed E-state index contributed by atoms with van der Waals surface area (Å²) in [4.78, 5) is 0. The molecule has 0 aliphatic carbocycles. The van der Waals surface area contributed by atoms with Crippen molar-refractivity contribution >= 4 is 0 Å². The van der Waals surface area contributed by atoms with Crippen molar-refractivity contribution in [1.82, 2.24) is 15.0 Å². The molecular formula is C13H17N3O. The van der Waals surface area contributed by atoms with E-state index in [0.29, 0.717) is 5.69 Å². The molecule has 0 amide bonds. The predicted molar refractivity (Wildman–Crippen MR) is 66.5 cm³/mol. The molecule has 90 valence electrons. The predicted octanol–water partition coefficient (Wildman–Crippen LogP) is 2.33. The molecular weight excluding hydrogens is 214 g/mol. The zero-order valence-electron chi connectivity index (χ0n) is 10.4. The number of aromatic nitrogens is 3. The second-order valence-electron chi connectivity index (χ2n) is 4.45. The Morgan fingerprint density at radius 1 is 1.24 bits per heavy atom. The van der Waals surface area contributed by atoms with Crippen LogP contribution >= 0.6 is 0 Å². The summed E-state index contributed by atoms with van der Waals surface area (Å²) in [6, 6.07) is 8.39. The molecule has 0 aliphatic rings. The van der Waals surface area contributed by atoms with Crippen molar-refractivity contribution < 1.29 is 5.11 Å². The third kappa shape index (κ3) is 2.22. The van der Waals surface area contributed by atoms with Gasteiger partial charge in [-0.25, -0.2) is 4.68 Å². The van der Waals surface area contributed by atoms with Crippen LogP contribution in [-0.2, 0) is 6.61 Å². The van der Waals surface area contributed by atoms with Crippen molar-refractivity contribution in [3.63, 3.8) is 0 Å². The van der Waals surface area contributed by atoms with E-state index in [1.54, 1.807) is 0 Å². The standard InChI is InChI=1S/C13H17N3O/c1-9(2)16-13(12(8-17)14-15-16)11-6-4-10(3)5-7-11/h4-7,9,17H,8H2,1-3H3. The summed E-state index contributed by atoms with van der Waals surface area (Å²) in [6.07, 6.45) is 0. The van der Waals surface area contributed by atoms with Gasteiger partial charge in [0.15, 0.2) is 0 Å². The molecule has 1 aromatic carbocycles. The highest BCUT2D eigenvalue weighted by Gasteiger charge is 2.15. The number of nitrogens with zero attached hydrogens (tertiary/aromatic N) is 3. The number of aliphatic hydroxyl groups is 1. The molecule has 0 saturated heterocycles. The SMILES string of the molecule is Cc1ccc(-c2c(CO)nnn2C(C)C)cc1. The maximum absolute atomic E-state index is 9.31. The normalized spacial score (nSPS) is 11.1. The van der Waals surface area contributed by atoms with Gasteiger partial charge in [0.1, 0.15) is 5.69 Å². The lowest BCUT2D eigenvalue weighted by Crippen LogP contribution is -2.05. The van der Waals surface area contributed by atoms with Gasteiger partial charge in [-0.2, -0.15) is 0 Å². The van der Waals surface area contributed by atoms with Crippen LogP contribution in [0.2, 0.25) is 0 Å². The molecule has 17 heavy (non-hydrogen) atoms. The van der Waals surface area contributed by atoms with Gasteiger partial charge in [0, 0.05) is 11.6 Å². The molecule has 0 bridgehead atoms. The Hall–Kier alpha value is -1.68. The number of aliphatic hydroxyl groups excluding tert-OH is 1.